The van der Waals surface area contributed by atoms with Crippen molar-refractivity contribution in [3.63, 3.8) is 0 Å². The maximum atomic E-state index is 6.40. The van der Waals surface area contributed by atoms with Gasteiger partial charge in [-0.3, -0.25) is 4.98 Å². The summed E-state index contributed by atoms with van der Waals surface area (Å²) in [6.07, 6.45) is 10.9. The number of aryl methyl sites for hydroxylation is 1. The first-order valence-corrected chi connectivity index (χ1v) is 7.36. The molecule has 2 aliphatic carbocycles. The van der Waals surface area contributed by atoms with Gasteiger partial charge in [0.15, 0.2) is 0 Å². The average molecular weight is 250 g/mol. The van der Waals surface area contributed by atoms with Crippen LogP contribution < -0.4 is 0 Å². The third-order valence-corrected chi connectivity index (χ3v) is 4.81. The summed E-state index contributed by atoms with van der Waals surface area (Å²) in [5.74, 6) is 1.49. The molecule has 1 fully saturated rings. The fraction of sp³-hybridized carbons (Fsp3) is 0.667. The zero-order chi connectivity index (χ0) is 11.7. The number of alkyl halides is 1. The van der Waals surface area contributed by atoms with E-state index in [2.05, 4.69) is 17.1 Å². The van der Waals surface area contributed by atoms with Crippen LogP contribution in [0.4, 0.5) is 0 Å². The van der Waals surface area contributed by atoms with E-state index in [4.69, 9.17) is 11.6 Å². The molecular formula is C15H20ClN. The number of rotatable bonds is 4. The van der Waals surface area contributed by atoms with Gasteiger partial charge in [-0.05, 0) is 62.5 Å². The summed E-state index contributed by atoms with van der Waals surface area (Å²) in [6.45, 7) is 0. The summed E-state index contributed by atoms with van der Waals surface area (Å²) in [4.78, 5) is 4.60. The predicted molar refractivity (Wildman–Crippen MR) is 71.5 cm³/mol. The van der Waals surface area contributed by atoms with Gasteiger partial charge in [0.2, 0.25) is 0 Å². The van der Waals surface area contributed by atoms with Crippen LogP contribution >= 0.6 is 11.6 Å². The third-order valence-electron chi connectivity index (χ3n) is 4.24. The van der Waals surface area contributed by atoms with Gasteiger partial charge in [0.25, 0.3) is 0 Å². The fourth-order valence-electron chi connectivity index (χ4n) is 3.04. The molecule has 1 nitrogen and oxygen atoms in total. The molecule has 0 spiro atoms. The van der Waals surface area contributed by atoms with Gasteiger partial charge in [-0.15, -0.1) is 11.6 Å². The van der Waals surface area contributed by atoms with Gasteiger partial charge in [-0.2, -0.15) is 0 Å². The van der Waals surface area contributed by atoms with Crippen molar-refractivity contribution >= 4 is 11.6 Å². The van der Waals surface area contributed by atoms with Gasteiger partial charge in [0.05, 0.1) is 0 Å². The van der Waals surface area contributed by atoms with Crippen LogP contribution in [0.1, 0.15) is 55.7 Å². The van der Waals surface area contributed by atoms with Crippen molar-refractivity contribution in [3.05, 3.63) is 29.6 Å². The van der Waals surface area contributed by atoms with E-state index in [-0.39, 0.29) is 0 Å². The van der Waals surface area contributed by atoms with Crippen molar-refractivity contribution in [2.45, 2.75) is 56.2 Å². The molecule has 0 radical (unpaired) electrons. The molecule has 17 heavy (non-hydrogen) atoms. The Bertz CT molecular complexity index is 386. The zero-order valence-corrected chi connectivity index (χ0v) is 11.0. The van der Waals surface area contributed by atoms with E-state index in [1.54, 1.807) is 0 Å². The highest BCUT2D eigenvalue weighted by Crippen LogP contribution is 2.40. The van der Waals surface area contributed by atoms with Gasteiger partial charge < -0.3 is 0 Å². The molecule has 2 unspecified atom stereocenters. The Labute approximate surface area is 109 Å². The Morgan fingerprint density at radius 3 is 3.06 bits per heavy atom. The summed E-state index contributed by atoms with van der Waals surface area (Å²) in [5, 5.41) is 0.420. The van der Waals surface area contributed by atoms with E-state index in [1.807, 2.05) is 6.20 Å². The molecule has 2 atom stereocenters. The number of fused-ring (bicyclic) bond motifs is 1. The van der Waals surface area contributed by atoms with E-state index in [1.165, 1.54) is 56.2 Å². The minimum absolute atomic E-state index is 0.420. The lowest BCUT2D eigenvalue weighted by molar-refractivity contribution is 0.478. The van der Waals surface area contributed by atoms with E-state index in [9.17, 15) is 0 Å². The van der Waals surface area contributed by atoms with E-state index >= 15 is 0 Å². The van der Waals surface area contributed by atoms with E-state index in [0.717, 1.165) is 5.92 Å². The highest BCUT2D eigenvalue weighted by Gasteiger charge is 2.30. The number of aromatic nitrogens is 1. The van der Waals surface area contributed by atoms with E-state index in [0.29, 0.717) is 11.3 Å². The Balaban J connectivity index is 1.63. The summed E-state index contributed by atoms with van der Waals surface area (Å²) in [7, 11) is 0. The number of halogens is 1. The van der Waals surface area contributed by atoms with E-state index < -0.39 is 0 Å². The highest BCUT2D eigenvalue weighted by atomic mass is 35.5. The van der Waals surface area contributed by atoms with Crippen LogP contribution in [0.2, 0.25) is 0 Å². The second-order valence-electron chi connectivity index (χ2n) is 5.57. The van der Waals surface area contributed by atoms with Gasteiger partial charge in [0.1, 0.15) is 0 Å². The topological polar surface area (TPSA) is 12.9 Å². The van der Waals surface area contributed by atoms with Crippen molar-refractivity contribution < 1.29 is 0 Å². The largest absolute Gasteiger partial charge is 0.261 e. The number of hydrogen-bond donors (Lipinski definition) is 0. The van der Waals surface area contributed by atoms with Gasteiger partial charge >= 0.3 is 0 Å². The second kappa shape index (κ2) is 4.97. The van der Waals surface area contributed by atoms with Crippen molar-refractivity contribution in [3.8, 4) is 0 Å². The van der Waals surface area contributed by atoms with Gasteiger partial charge in [0, 0.05) is 23.2 Å². The standard InChI is InChI=1S/C15H20ClN/c16-14(11-6-7-11)9-8-13-4-1-3-12-5-2-10-17-15(12)13/h2,5,10-11,13-14H,1,3-4,6-9H2. The van der Waals surface area contributed by atoms with Gasteiger partial charge in [-0.25, -0.2) is 0 Å². The van der Waals surface area contributed by atoms with Crippen LogP contribution in [0.3, 0.4) is 0 Å². The molecule has 92 valence electrons. The second-order valence-corrected chi connectivity index (χ2v) is 6.13. The normalized spacial score (nSPS) is 25.4. The van der Waals surface area contributed by atoms with Crippen molar-refractivity contribution in [2.24, 2.45) is 5.92 Å². The summed E-state index contributed by atoms with van der Waals surface area (Å²) in [5.41, 5.74) is 2.83. The maximum absolute atomic E-state index is 6.40. The third kappa shape index (κ3) is 2.65. The Hall–Kier alpha value is -0.560. The van der Waals surface area contributed by atoms with Crippen LogP contribution in [0.15, 0.2) is 18.3 Å². The molecule has 0 amide bonds. The highest BCUT2D eigenvalue weighted by molar-refractivity contribution is 6.20. The molecule has 2 aliphatic rings. The first-order chi connectivity index (χ1) is 8.34. The molecule has 2 heteroatoms. The maximum Gasteiger partial charge on any atom is 0.0466 e. The average Bonchev–Trinajstić information content (AvgIpc) is 3.20. The zero-order valence-electron chi connectivity index (χ0n) is 10.2. The van der Waals surface area contributed by atoms with Gasteiger partial charge in [-0.1, -0.05) is 6.07 Å². The predicted octanol–water partition coefficient (Wildman–Crippen LogP) is 4.30. The molecule has 1 saturated carbocycles. The molecule has 3 rings (SSSR count). The molecule has 0 saturated heterocycles. The molecule has 1 aromatic rings. The number of nitrogens with zero attached hydrogens (tertiary/aromatic N) is 1. The Morgan fingerprint density at radius 1 is 1.35 bits per heavy atom. The summed E-state index contributed by atoms with van der Waals surface area (Å²) >= 11 is 6.40. The number of pyridine rings is 1. The van der Waals surface area contributed by atoms with Crippen LogP contribution in [0.25, 0.3) is 0 Å². The van der Waals surface area contributed by atoms with Crippen LogP contribution in [0.5, 0.6) is 0 Å². The number of hydrogen-bond acceptors (Lipinski definition) is 1. The SMILES string of the molecule is ClC(CCC1CCCc2cccnc21)C1CC1. The monoisotopic (exact) mass is 249 g/mol. The molecule has 0 N–H and O–H groups in total. The Morgan fingerprint density at radius 2 is 2.24 bits per heavy atom. The molecule has 0 bridgehead atoms. The summed E-state index contributed by atoms with van der Waals surface area (Å²) in [6, 6.07) is 4.31. The molecule has 0 aliphatic heterocycles. The quantitative estimate of drug-likeness (QED) is 0.725. The fourth-order valence-corrected chi connectivity index (χ4v) is 3.42. The molecular weight excluding hydrogens is 230 g/mol. The smallest absolute Gasteiger partial charge is 0.0466 e. The lowest BCUT2D eigenvalue weighted by Crippen LogP contribution is -2.13. The first-order valence-electron chi connectivity index (χ1n) is 6.92. The lowest BCUT2D eigenvalue weighted by atomic mass is 9.83. The molecule has 1 heterocycles. The van der Waals surface area contributed by atoms with Crippen molar-refractivity contribution in [2.75, 3.05) is 0 Å². The first kappa shape index (κ1) is 11.5. The minimum Gasteiger partial charge on any atom is -0.261 e. The molecule has 1 aromatic heterocycles. The summed E-state index contributed by atoms with van der Waals surface area (Å²) < 4.78 is 0. The van der Waals surface area contributed by atoms with Crippen molar-refractivity contribution in [1.82, 2.24) is 4.98 Å². The molecule has 0 aromatic carbocycles. The van der Waals surface area contributed by atoms with Crippen molar-refractivity contribution in [1.29, 1.82) is 0 Å². The van der Waals surface area contributed by atoms with Crippen LogP contribution in [-0.2, 0) is 6.42 Å². The van der Waals surface area contributed by atoms with Crippen LogP contribution in [-0.4, -0.2) is 10.4 Å². The van der Waals surface area contributed by atoms with Crippen LogP contribution in [0, 0.1) is 5.92 Å². The Kier molecular flexibility index (Phi) is 3.37. The lowest BCUT2D eigenvalue weighted by Gasteiger charge is -2.24. The minimum atomic E-state index is 0.420.